The lowest BCUT2D eigenvalue weighted by molar-refractivity contribution is 0.196. The zero-order chi connectivity index (χ0) is 9.40. The Morgan fingerprint density at radius 2 is 1.92 bits per heavy atom. The van der Waals surface area contributed by atoms with Gasteiger partial charge < -0.3 is 10.0 Å². The summed E-state index contributed by atoms with van der Waals surface area (Å²) in [6, 6.07) is 0. The molecule has 0 fully saturated rings. The van der Waals surface area contributed by atoms with Crippen LogP contribution in [0.5, 0.6) is 0 Å². The van der Waals surface area contributed by atoms with E-state index in [2.05, 4.69) is 16.4 Å². The van der Waals surface area contributed by atoms with Crippen molar-refractivity contribution in [3.05, 3.63) is 12.7 Å². The third-order valence-corrected chi connectivity index (χ3v) is 1.67. The zero-order valence-corrected chi connectivity index (χ0v) is 8.16. The normalized spacial score (nSPS) is 11.1. The fourth-order valence-corrected chi connectivity index (χ4v) is 0.960. The molecule has 3 heteroatoms. The predicted octanol–water partition coefficient (Wildman–Crippen LogP) is 0.0283. The molecule has 0 rings (SSSR count). The molecule has 1 N–H and O–H groups in total. The van der Waals surface area contributed by atoms with Gasteiger partial charge in [0.1, 0.15) is 0 Å². The van der Waals surface area contributed by atoms with Gasteiger partial charge in [-0.2, -0.15) is 0 Å². The molecule has 0 heterocycles. The molecule has 0 aromatic heterocycles. The molecule has 0 spiro atoms. The second-order valence-electron chi connectivity index (χ2n) is 3.12. The first-order valence-corrected chi connectivity index (χ1v) is 4.29. The maximum atomic E-state index is 8.74. The van der Waals surface area contributed by atoms with E-state index >= 15 is 0 Å². The summed E-state index contributed by atoms with van der Waals surface area (Å²) in [4.78, 5) is 4.31. The highest BCUT2D eigenvalue weighted by Gasteiger charge is 2.01. The maximum Gasteiger partial charge on any atom is 0.0558 e. The minimum Gasteiger partial charge on any atom is -0.395 e. The molecule has 0 unspecified atom stereocenters. The fourth-order valence-electron chi connectivity index (χ4n) is 0.960. The summed E-state index contributed by atoms with van der Waals surface area (Å²) < 4.78 is 0. The van der Waals surface area contributed by atoms with Crippen LogP contribution in [0.3, 0.4) is 0 Å². The number of hydrogen-bond acceptors (Lipinski definition) is 3. The van der Waals surface area contributed by atoms with Crippen molar-refractivity contribution in [2.45, 2.75) is 0 Å². The van der Waals surface area contributed by atoms with Crippen LogP contribution >= 0.6 is 0 Å². The molecule has 12 heavy (non-hydrogen) atoms. The van der Waals surface area contributed by atoms with Crippen LogP contribution in [0, 0.1) is 0 Å². The zero-order valence-electron chi connectivity index (χ0n) is 8.16. The van der Waals surface area contributed by atoms with Gasteiger partial charge in [0.15, 0.2) is 0 Å². The fraction of sp³-hybridized carbons (Fsp3) is 0.778. The molecule has 0 aliphatic heterocycles. The first-order chi connectivity index (χ1) is 5.70. The predicted molar refractivity (Wildman–Crippen MR) is 52.3 cm³/mol. The van der Waals surface area contributed by atoms with Crippen molar-refractivity contribution in [2.75, 3.05) is 46.9 Å². The third-order valence-electron chi connectivity index (χ3n) is 1.67. The topological polar surface area (TPSA) is 26.7 Å². The Balaban J connectivity index is 3.54. The molecule has 0 aliphatic carbocycles. The van der Waals surface area contributed by atoms with Gasteiger partial charge in [-0.15, -0.1) is 6.58 Å². The molecule has 0 saturated carbocycles. The molecule has 0 bridgehead atoms. The lowest BCUT2D eigenvalue weighted by atomic mass is 10.4. The molecule has 3 nitrogen and oxygen atoms in total. The van der Waals surface area contributed by atoms with Crippen LogP contribution in [0.4, 0.5) is 0 Å². The van der Waals surface area contributed by atoms with E-state index in [9.17, 15) is 0 Å². The Kier molecular flexibility index (Phi) is 7.05. The number of aliphatic hydroxyl groups excluding tert-OH is 1. The van der Waals surface area contributed by atoms with Gasteiger partial charge in [-0.05, 0) is 14.1 Å². The van der Waals surface area contributed by atoms with Gasteiger partial charge in [-0.1, -0.05) is 6.08 Å². The number of rotatable bonds is 7. The number of hydrogen-bond donors (Lipinski definition) is 1. The quantitative estimate of drug-likeness (QED) is 0.549. The summed E-state index contributed by atoms with van der Waals surface area (Å²) in [5.41, 5.74) is 0. The Labute approximate surface area is 75.3 Å². The first kappa shape index (κ1) is 11.6. The van der Waals surface area contributed by atoms with Crippen molar-refractivity contribution in [3.63, 3.8) is 0 Å². The van der Waals surface area contributed by atoms with Crippen molar-refractivity contribution in [2.24, 2.45) is 0 Å². The summed E-state index contributed by atoms with van der Waals surface area (Å²) in [6.45, 7) is 7.50. The first-order valence-electron chi connectivity index (χ1n) is 4.29. The van der Waals surface area contributed by atoms with E-state index in [1.54, 1.807) is 0 Å². The van der Waals surface area contributed by atoms with E-state index in [4.69, 9.17) is 5.11 Å². The van der Waals surface area contributed by atoms with E-state index in [0.717, 1.165) is 26.2 Å². The molecule has 0 amide bonds. The molecule has 72 valence electrons. The number of aliphatic hydroxyl groups is 1. The average Bonchev–Trinajstić information content (AvgIpc) is 2.01. The van der Waals surface area contributed by atoms with Crippen LogP contribution in [0.25, 0.3) is 0 Å². The standard InChI is InChI=1S/C9H20N2O/c1-4-5-11(8-9-12)7-6-10(2)3/h4,12H,1,5-9H2,2-3H3. The van der Waals surface area contributed by atoms with Crippen LogP contribution in [-0.4, -0.2) is 61.8 Å². The highest BCUT2D eigenvalue weighted by Crippen LogP contribution is 1.88. The largest absolute Gasteiger partial charge is 0.395 e. The van der Waals surface area contributed by atoms with E-state index in [0.29, 0.717) is 0 Å². The average molecular weight is 172 g/mol. The second-order valence-corrected chi connectivity index (χ2v) is 3.12. The van der Waals surface area contributed by atoms with Crippen molar-refractivity contribution in [3.8, 4) is 0 Å². The van der Waals surface area contributed by atoms with E-state index < -0.39 is 0 Å². The van der Waals surface area contributed by atoms with Gasteiger partial charge >= 0.3 is 0 Å². The molecular formula is C9H20N2O. The Morgan fingerprint density at radius 1 is 1.25 bits per heavy atom. The molecule has 0 aliphatic rings. The summed E-state index contributed by atoms with van der Waals surface area (Å²) in [7, 11) is 4.09. The van der Waals surface area contributed by atoms with Gasteiger partial charge in [-0.3, -0.25) is 4.90 Å². The lowest BCUT2D eigenvalue weighted by Crippen LogP contribution is -2.33. The Hall–Kier alpha value is -0.380. The van der Waals surface area contributed by atoms with Crippen molar-refractivity contribution < 1.29 is 5.11 Å². The second kappa shape index (κ2) is 7.28. The third kappa shape index (κ3) is 6.34. The summed E-state index contributed by atoms with van der Waals surface area (Å²) in [5.74, 6) is 0. The monoisotopic (exact) mass is 172 g/mol. The van der Waals surface area contributed by atoms with Gasteiger partial charge in [0.2, 0.25) is 0 Å². The maximum absolute atomic E-state index is 8.74. The molecule has 0 atom stereocenters. The highest BCUT2D eigenvalue weighted by molar-refractivity contribution is 4.73. The Morgan fingerprint density at radius 3 is 2.33 bits per heavy atom. The molecule has 0 saturated heterocycles. The van der Waals surface area contributed by atoms with Crippen molar-refractivity contribution >= 4 is 0 Å². The van der Waals surface area contributed by atoms with Gasteiger partial charge in [0, 0.05) is 26.2 Å². The molecule has 0 radical (unpaired) electrons. The summed E-state index contributed by atoms with van der Waals surface area (Å²) in [6.07, 6.45) is 1.87. The molecule has 0 aromatic rings. The Bertz CT molecular complexity index is 115. The summed E-state index contributed by atoms with van der Waals surface area (Å²) in [5, 5.41) is 8.74. The van der Waals surface area contributed by atoms with Crippen LogP contribution in [0.2, 0.25) is 0 Å². The lowest BCUT2D eigenvalue weighted by Gasteiger charge is -2.21. The van der Waals surface area contributed by atoms with E-state index in [1.807, 2.05) is 20.2 Å². The van der Waals surface area contributed by atoms with Gasteiger partial charge in [-0.25, -0.2) is 0 Å². The minimum absolute atomic E-state index is 0.223. The van der Waals surface area contributed by atoms with Crippen LogP contribution < -0.4 is 0 Å². The van der Waals surface area contributed by atoms with E-state index in [-0.39, 0.29) is 6.61 Å². The minimum atomic E-state index is 0.223. The van der Waals surface area contributed by atoms with Crippen LogP contribution in [0.15, 0.2) is 12.7 Å². The van der Waals surface area contributed by atoms with E-state index in [1.165, 1.54) is 0 Å². The summed E-state index contributed by atoms with van der Waals surface area (Å²) >= 11 is 0. The van der Waals surface area contributed by atoms with Crippen molar-refractivity contribution in [1.29, 1.82) is 0 Å². The number of nitrogens with zero attached hydrogens (tertiary/aromatic N) is 2. The molecular weight excluding hydrogens is 152 g/mol. The smallest absolute Gasteiger partial charge is 0.0558 e. The van der Waals surface area contributed by atoms with Crippen LogP contribution in [0.1, 0.15) is 0 Å². The SMILES string of the molecule is C=CCN(CCO)CCN(C)C. The van der Waals surface area contributed by atoms with Gasteiger partial charge in [0.05, 0.1) is 6.61 Å². The highest BCUT2D eigenvalue weighted by atomic mass is 16.3. The number of likely N-dealkylation sites (N-methyl/N-ethyl adjacent to an activating group) is 1. The van der Waals surface area contributed by atoms with Crippen LogP contribution in [-0.2, 0) is 0 Å². The molecule has 0 aromatic carbocycles. The van der Waals surface area contributed by atoms with Gasteiger partial charge in [0.25, 0.3) is 0 Å². The van der Waals surface area contributed by atoms with Crippen molar-refractivity contribution in [1.82, 2.24) is 9.80 Å².